The van der Waals surface area contributed by atoms with Crippen LogP contribution in [0.25, 0.3) is 10.9 Å². The molecule has 630 valence electrons. The summed E-state index contributed by atoms with van der Waals surface area (Å²) in [5, 5.41) is 78.7. The third-order valence-electron chi connectivity index (χ3n) is 17.9. The normalized spacial score (nSPS) is 21.2. The number of hydrogen-bond acceptors (Lipinski definition) is 24. The topological polar surface area (TPSA) is 702 Å². The zero-order valence-electron chi connectivity index (χ0n) is 63.6. The summed E-state index contributed by atoms with van der Waals surface area (Å²) in [6, 6.07) is -10.5. The van der Waals surface area contributed by atoms with Crippen LogP contribution in [0.2, 0.25) is 0 Å². The number of nitrogens with two attached hydrogens (primary N) is 3. The van der Waals surface area contributed by atoms with Crippen molar-refractivity contribution in [3.05, 3.63) is 65.9 Å². The van der Waals surface area contributed by atoms with E-state index in [0.717, 1.165) is 52.9 Å². The maximum atomic E-state index is 14.8. The lowest BCUT2D eigenvalue weighted by atomic mass is 9.96. The number of carboxylic acid groups (broad SMARTS) is 4. The highest BCUT2D eigenvalue weighted by Crippen LogP contribution is 2.22. The molecule has 43 heteroatoms. The van der Waals surface area contributed by atoms with Gasteiger partial charge in [0.2, 0.25) is 82.7 Å². The minimum Gasteiger partial charge on any atom is -0.481 e. The molecule has 1 aromatic heterocycles. The van der Waals surface area contributed by atoms with E-state index in [4.69, 9.17) is 21.9 Å². The van der Waals surface area contributed by atoms with Crippen LogP contribution < -0.4 is 86.3 Å². The van der Waals surface area contributed by atoms with Gasteiger partial charge in [0.15, 0.2) is 5.78 Å². The van der Waals surface area contributed by atoms with Gasteiger partial charge in [-0.3, -0.25) is 91.1 Å². The van der Waals surface area contributed by atoms with Gasteiger partial charge in [0, 0.05) is 47.6 Å². The van der Waals surface area contributed by atoms with Crippen LogP contribution >= 0.6 is 0 Å². The number of ketones is 1. The van der Waals surface area contributed by atoms with Crippen molar-refractivity contribution in [2.24, 2.45) is 17.4 Å². The first-order valence-electron chi connectivity index (χ1n) is 36.8. The summed E-state index contributed by atoms with van der Waals surface area (Å²) in [5.74, 6) is -29.7. The summed E-state index contributed by atoms with van der Waals surface area (Å²) in [6.45, 7) is 1.11. The Morgan fingerprint density at radius 1 is 0.548 bits per heavy atom. The number of benzene rings is 2. The number of anilines is 1. The number of unbranched alkanes of at least 4 members (excludes halogenated alkanes) is 6. The molecule has 1 saturated heterocycles. The molecular formula is C72H101N17O26. The number of carbonyl (C=O) groups is 20. The van der Waals surface area contributed by atoms with E-state index in [-0.39, 0.29) is 37.1 Å². The van der Waals surface area contributed by atoms with Crippen molar-refractivity contribution in [2.45, 2.75) is 209 Å². The Bertz CT molecular complexity index is 4040. The summed E-state index contributed by atoms with van der Waals surface area (Å²) in [7, 11) is 0. The van der Waals surface area contributed by atoms with Gasteiger partial charge in [-0.15, -0.1) is 0 Å². The molecule has 115 heavy (non-hydrogen) atoms. The van der Waals surface area contributed by atoms with Gasteiger partial charge in [0.05, 0.1) is 51.8 Å². The quantitative estimate of drug-likeness (QED) is 0.0113. The number of rotatable bonds is 35. The Labute approximate surface area is 657 Å². The first kappa shape index (κ1) is 94.7. The van der Waals surface area contributed by atoms with Crippen molar-refractivity contribution in [3.63, 3.8) is 0 Å². The minimum atomic E-state index is -2.45. The number of hydrogen-bond donors (Lipinski definition) is 22. The van der Waals surface area contributed by atoms with Gasteiger partial charge in [0.25, 0.3) is 0 Å². The molecule has 43 nitrogen and oxygen atoms in total. The molecule has 0 radical (unpaired) electrons. The van der Waals surface area contributed by atoms with E-state index in [2.05, 4.69) is 65.1 Å². The minimum absolute atomic E-state index is 0.0186. The molecule has 14 amide bonds. The molecule has 0 spiro atoms. The fourth-order valence-electron chi connectivity index (χ4n) is 11.7. The van der Waals surface area contributed by atoms with E-state index >= 15 is 0 Å². The molecule has 2 aromatic carbocycles. The first-order valence-corrected chi connectivity index (χ1v) is 36.8. The van der Waals surface area contributed by atoms with Crippen LogP contribution in [0.15, 0.2) is 54.7 Å². The summed E-state index contributed by atoms with van der Waals surface area (Å²) < 4.78 is 5.68. The van der Waals surface area contributed by atoms with Crippen LogP contribution in [-0.2, 0) is 102 Å². The van der Waals surface area contributed by atoms with Crippen molar-refractivity contribution in [3.8, 4) is 0 Å². The number of aliphatic hydroxyl groups excluding tert-OH is 1. The number of amides is 14. The van der Waals surface area contributed by atoms with Crippen LogP contribution in [0.5, 0.6) is 0 Å². The molecule has 3 unspecified atom stereocenters. The van der Waals surface area contributed by atoms with Crippen LogP contribution in [-0.4, -0.2) is 248 Å². The summed E-state index contributed by atoms with van der Waals surface area (Å²) in [6.07, 6.45) is -2.33. The molecule has 0 aliphatic carbocycles. The Kier molecular flexibility index (Phi) is 39.2. The molecule has 1 aliphatic rings. The van der Waals surface area contributed by atoms with E-state index in [1.54, 1.807) is 30.5 Å². The second-order valence-corrected chi connectivity index (χ2v) is 27.2. The number of nitrogens with one attached hydrogen (secondary N) is 14. The van der Waals surface area contributed by atoms with Gasteiger partial charge in [-0.25, -0.2) is 4.79 Å². The number of carboxylic acids is 4. The second-order valence-electron chi connectivity index (χ2n) is 27.2. The van der Waals surface area contributed by atoms with E-state index in [9.17, 15) is 121 Å². The molecule has 13 atom stereocenters. The van der Waals surface area contributed by atoms with E-state index < -0.39 is 261 Å². The zero-order valence-corrected chi connectivity index (χ0v) is 63.6. The third-order valence-corrected chi connectivity index (χ3v) is 17.9. The number of aromatic amines is 1. The van der Waals surface area contributed by atoms with Gasteiger partial charge in [-0.1, -0.05) is 82.7 Å². The highest BCUT2D eigenvalue weighted by atomic mass is 16.5. The maximum Gasteiger partial charge on any atom is 0.329 e. The number of carbonyl (C=O) groups excluding carboxylic acids is 16. The Morgan fingerprint density at radius 2 is 1.09 bits per heavy atom. The lowest BCUT2D eigenvalue weighted by Gasteiger charge is -2.30. The number of nitrogen functional groups attached to an aromatic ring is 1. The standard InChI is InChI=1S/C72H101N17O26/c1-5-6-7-8-9-10-11-22-53(93)81-44(25-38-31-76-42-20-15-13-17-39(38)42)66(108)84-45(27-52(75)92)67(109)86-48(30-59(102)103)68(110)89-61-37(4)115-72(114)49(26-51(91)40-18-12-14-19-41(40)74)87-71(113)60(35(2)24-56(96)97)88-69(111)50(34-90)82-55(95)32-77-63(105)46(28-57(98)99)83-62(104)36(3)79-65(107)47(29-58(100)101)85-64(106)43(21-16-23-73)80-54(94)33-78-70(61)112/h12-15,17-20,31,35-37,43-50,60-61,76,90H,5-11,16,21-30,32-34,73-74H2,1-4H3,(H2,75,92)(H,77,105)(H,78,112)(H,79,107)(H,80,94)(H,81,93)(H,82,95)(H,83,104)(H,84,108)(H,85,106)(H,86,109)(H,87,113)(H,88,111)(H,89,110)(H,96,97)(H,98,99)(H,100,101)(H,102,103)/t35?,36-,37?,43+,44+,45+,46+,47+,48+,49+,50-,60+,61?/m1/s1. The SMILES string of the molecule is CCCCCCCCCC(=O)N[C@@H](Cc1c[nH]c2ccccc12)C(=O)N[C@@H](CC(N)=O)C(=O)N[C@@H](CC(=O)O)C(=O)NC1C(=O)NCC(=O)N[C@@H](CCCN)C(=O)N[C@@H](CC(=O)O)C(=O)N[C@H](C)C(=O)N[C@@H](CC(=O)O)C(=O)NCC(=O)N[C@H](CO)C(=O)N[C@@H](C(C)CC(=O)O)C(=O)N[C@@H](CC(=O)c2ccccc2N)C(=O)OC1C. The van der Waals surface area contributed by atoms with Crippen molar-refractivity contribution >= 4 is 135 Å². The highest BCUT2D eigenvalue weighted by molar-refractivity contribution is 6.05. The van der Waals surface area contributed by atoms with Crippen LogP contribution in [0.4, 0.5) is 5.69 Å². The Balaban J connectivity index is 1.87. The molecule has 25 N–H and O–H groups in total. The predicted molar refractivity (Wildman–Crippen MR) is 400 cm³/mol. The smallest absolute Gasteiger partial charge is 0.329 e. The zero-order chi connectivity index (χ0) is 85.8. The fourth-order valence-corrected chi connectivity index (χ4v) is 11.7. The number of ether oxygens (including phenoxy) is 1. The van der Waals surface area contributed by atoms with E-state index in [1.807, 2.05) is 16.0 Å². The largest absolute Gasteiger partial charge is 0.481 e. The average Bonchev–Trinajstić information content (AvgIpc) is 1.72. The maximum absolute atomic E-state index is 14.8. The number of aromatic nitrogens is 1. The van der Waals surface area contributed by atoms with Gasteiger partial charge in [-0.2, -0.15) is 0 Å². The number of fused-ring (bicyclic) bond motifs is 1. The number of Topliss-reactive ketones (excluding diaryl/α,β-unsaturated/α-hetero) is 1. The number of esters is 1. The van der Waals surface area contributed by atoms with E-state index in [0.29, 0.717) is 29.3 Å². The van der Waals surface area contributed by atoms with Crippen molar-refractivity contribution < 1.29 is 126 Å². The van der Waals surface area contributed by atoms with Crippen LogP contribution in [0.3, 0.4) is 0 Å². The fraction of sp³-hybridized carbons (Fsp3) is 0.528. The molecule has 2 heterocycles. The summed E-state index contributed by atoms with van der Waals surface area (Å²) in [4.78, 5) is 276. The van der Waals surface area contributed by atoms with E-state index in [1.165, 1.54) is 24.3 Å². The third kappa shape index (κ3) is 32.5. The Hall–Kier alpha value is -12.7. The second kappa shape index (κ2) is 47.6. The number of cyclic esters (lactones) is 1. The highest BCUT2D eigenvalue weighted by Gasteiger charge is 2.41. The monoisotopic (exact) mass is 1620 g/mol. The molecular weight excluding hydrogens is 1520 g/mol. The number of H-pyrrole nitrogens is 1. The summed E-state index contributed by atoms with van der Waals surface area (Å²) in [5.41, 5.74) is 18.1. The van der Waals surface area contributed by atoms with Gasteiger partial charge >= 0.3 is 29.8 Å². The molecule has 0 bridgehead atoms. The number of aliphatic carboxylic acids is 4. The molecule has 1 aliphatic heterocycles. The van der Waals surface area contributed by atoms with Gasteiger partial charge in [-0.05, 0) is 69.3 Å². The van der Waals surface area contributed by atoms with Gasteiger partial charge in [0.1, 0.15) is 72.6 Å². The number of aliphatic hydroxyl groups is 1. The van der Waals surface area contributed by atoms with Crippen LogP contribution in [0.1, 0.15) is 146 Å². The first-order chi connectivity index (χ1) is 54.4. The molecule has 1 fully saturated rings. The lowest BCUT2D eigenvalue weighted by molar-refractivity contribution is -0.156. The van der Waals surface area contributed by atoms with Gasteiger partial charge < -0.3 is 122 Å². The Morgan fingerprint density at radius 3 is 1.69 bits per heavy atom. The van der Waals surface area contributed by atoms with Crippen molar-refractivity contribution in [2.75, 3.05) is 32.0 Å². The molecule has 0 saturated carbocycles. The predicted octanol–water partition coefficient (Wildman–Crippen LogP) is -5.62. The lowest BCUT2D eigenvalue weighted by Crippen LogP contribution is -2.62. The summed E-state index contributed by atoms with van der Waals surface area (Å²) >= 11 is 0. The average molecular weight is 1620 g/mol. The van der Waals surface area contributed by atoms with Crippen molar-refractivity contribution in [1.82, 2.24) is 74.1 Å². The number of para-hydroxylation sites is 2. The number of primary amides is 1. The molecule has 4 rings (SSSR count). The molecule has 3 aromatic rings. The van der Waals surface area contributed by atoms with Crippen molar-refractivity contribution in [1.29, 1.82) is 0 Å². The van der Waals surface area contributed by atoms with Crippen LogP contribution in [0, 0.1) is 5.92 Å².